The monoisotopic (exact) mass is 271 g/mol. The van der Waals surface area contributed by atoms with E-state index in [2.05, 4.69) is 19.2 Å². The Morgan fingerprint density at radius 2 is 2.17 bits per heavy atom. The highest BCUT2D eigenvalue weighted by Crippen LogP contribution is 2.12. The Morgan fingerprint density at radius 3 is 2.72 bits per heavy atom. The molecule has 0 aromatic carbocycles. The molecule has 0 aliphatic rings. The van der Waals surface area contributed by atoms with Crippen molar-refractivity contribution in [3.8, 4) is 0 Å². The number of rotatable bonds is 8. The van der Waals surface area contributed by atoms with Crippen LogP contribution in [0.5, 0.6) is 0 Å². The van der Waals surface area contributed by atoms with Crippen LogP contribution in [0.4, 0.5) is 0 Å². The predicted octanol–water partition coefficient (Wildman–Crippen LogP) is 4.11. The van der Waals surface area contributed by atoms with Gasteiger partial charge in [0.15, 0.2) is 5.76 Å². The van der Waals surface area contributed by atoms with Crippen LogP contribution in [0.1, 0.15) is 62.3 Å². The molecule has 0 saturated carbocycles. The Bertz CT molecular complexity index is 362. The molecule has 3 nitrogen and oxygen atoms in total. The van der Waals surface area contributed by atoms with Crippen molar-refractivity contribution in [1.82, 2.24) is 5.32 Å². The summed E-state index contributed by atoms with van der Waals surface area (Å²) in [6.45, 7) is 4.26. The van der Waals surface area contributed by atoms with Gasteiger partial charge < -0.3 is 9.73 Å². The van der Waals surface area contributed by atoms with Crippen molar-refractivity contribution in [1.29, 1.82) is 0 Å². The van der Waals surface area contributed by atoms with Crippen LogP contribution in [0.25, 0.3) is 0 Å². The number of furan rings is 1. The summed E-state index contributed by atoms with van der Waals surface area (Å²) in [4.78, 5) is 11.9. The molecule has 1 heterocycles. The molecular formula is C14H22ClNO2. The number of nitrogens with one attached hydrogen (secondary N) is 1. The van der Waals surface area contributed by atoms with Gasteiger partial charge in [0.05, 0.1) is 5.88 Å². The molecule has 1 atom stereocenters. The zero-order valence-electron chi connectivity index (χ0n) is 11.2. The maximum Gasteiger partial charge on any atom is 0.287 e. The van der Waals surface area contributed by atoms with Crippen LogP contribution < -0.4 is 5.32 Å². The van der Waals surface area contributed by atoms with Crippen molar-refractivity contribution in [2.45, 2.75) is 57.9 Å². The molecule has 0 bridgehead atoms. The number of carbonyl (C=O) groups excluding carboxylic acids is 1. The lowest BCUT2D eigenvalue weighted by Crippen LogP contribution is -2.34. The fraction of sp³-hybridized carbons (Fsp3) is 0.643. The first kappa shape index (κ1) is 15.1. The maximum atomic E-state index is 11.9. The minimum atomic E-state index is -0.144. The lowest BCUT2D eigenvalue weighted by atomic mass is 10.1. The summed E-state index contributed by atoms with van der Waals surface area (Å²) in [6, 6.07) is 3.64. The van der Waals surface area contributed by atoms with Crippen molar-refractivity contribution in [3.63, 3.8) is 0 Å². The minimum Gasteiger partial charge on any atom is -0.455 e. The zero-order valence-corrected chi connectivity index (χ0v) is 11.9. The van der Waals surface area contributed by atoms with Crippen LogP contribution in [-0.4, -0.2) is 11.9 Å². The highest BCUT2D eigenvalue weighted by atomic mass is 35.5. The third kappa shape index (κ3) is 4.73. The molecule has 1 aromatic rings. The Labute approximate surface area is 114 Å². The Balaban J connectivity index is 2.45. The molecule has 0 spiro atoms. The first-order chi connectivity index (χ1) is 8.71. The summed E-state index contributed by atoms with van der Waals surface area (Å²) in [5.74, 6) is 1.12. The predicted molar refractivity (Wildman–Crippen MR) is 74.0 cm³/mol. The normalized spacial score (nSPS) is 12.4. The van der Waals surface area contributed by atoms with Gasteiger partial charge in [0, 0.05) is 6.04 Å². The fourth-order valence-corrected chi connectivity index (χ4v) is 1.99. The lowest BCUT2D eigenvalue weighted by molar-refractivity contribution is 0.0903. The Morgan fingerprint density at radius 1 is 1.39 bits per heavy atom. The number of hydrogen-bond acceptors (Lipinski definition) is 2. The largest absolute Gasteiger partial charge is 0.455 e. The minimum absolute atomic E-state index is 0.144. The van der Waals surface area contributed by atoms with Crippen LogP contribution in [0, 0.1) is 0 Å². The molecule has 0 radical (unpaired) electrons. The smallest absolute Gasteiger partial charge is 0.287 e. The SMILES string of the molecule is CCCCCC(CC)NC(=O)c1ccc(CCl)o1. The van der Waals surface area contributed by atoms with E-state index in [4.69, 9.17) is 16.0 Å². The van der Waals surface area contributed by atoms with Gasteiger partial charge in [-0.2, -0.15) is 0 Å². The van der Waals surface area contributed by atoms with Crippen LogP contribution in [-0.2, 0) is 5.88 Å². The molecule has 1 N–H and O–H groups in total. The molecule has 0 aliphatic carbocycles. The van der Waals surface area contributed by atoms with E-state index in [9.17, 15) is 4.79 Å². The molecule has 1 unspecified atom stereocenters. The van der Waals surface area contributed by atoms with E-state index >= 15 is 0 Å². The van der Waals surface area contributed by atoms with Crippen molar-refractivity contribution >= 4 is 17.5 Å². The zero-order chi connectivity index (χ0) is 13.4. The molecule has 1 amide bonds. The second-order valence-corrected chi connectivity index (χ2v) is 4.74. The van der Waals surface area contributed by atoms with Gasteiger partial charge in [-0.05, 0) is 25.0 Å². The number of carbonyl (C=O) groups is 1. The average molecular weight is 272 g/mol. The summed E-state index contributed by atoms with van der Waals surface area (Å²) in [5.41, 5.74) is 0. The summed E-state index contributed by atoms with van der Waals surface area (Å²) < 4.78 is 5.32. The Kier molecular flexibility index (Phi) is 6.88. The molecule has 1 aromatic heterocycles. The fourth-order valence-electron chi connectivity index (χ4n) is 1.85. The number of hydrogen-bond donors (Lipinski definition) is 1. The molecule has 0 aliphatic heterocycles. The van der Waals surface area contributed by atoms with Crippen LogP contribution >= 0.6 is 11.6 Å². The van der Waals surface area contributed by atoms with Gasteiger partial charge in [-0.3, -0.25) is 4.79 Å². The first-order valence-corrected chi connectivity index (χ1v) is 7.20. The van der Waals surface area contributed by atoms with Gasteiger partial charge in [0.1, 0.15) is 5.76 Å². The molecule has 1 rings (SSSR count). The molecular weight excluding hydrogens is 250 g/mol. The van der Waals surface area contributed by atoms with Crippen LogP contribution in [0.3, 0.4) is 0 Å². The molecule has 102 valence electrons. The first-order valence-electron chi connectivity index (χ1n) is 6.66. The summed E-state index contributed by atoms with van der Waals surface area (Å²) in [6.07, 6.45) is 5.53. The van der Waals surface area contributed by atoms with Crippen molar-refractivity contribution in [3.05, 3.63) is 23.7 Å². The third-order valence-electron chi connectivity index (χ3n) is 3.00. The van der Waals surface area contributed by atoms with Crippen LogP contribution in [0.15, 0.2) is 16.5 Å². The number of amides is 1. The van der Waals surface area contributed by atoms with Gasteiger partial charge in [0.2, 0.25) is 0 Å². The topological polar surface area (TPSA) is 42.2 Å². The second-order valence-electron chi connectivity index (χ2n) is 4.47. The van der Waals surface area contributed by atoms with E-state index in [-0.39, 0.29) is 11.9 Å². The lowest BCUT2D eigenvalue weighted by Gasteiger charge is -2.15. The molecule has 4 heteroatoms. The summed E-state index contributed by atoms with van der Waals surface area (Å²) in [5, 5.41) is 3.00. The third-order valence-corrected chi connectivity index (χ3v) is 3.26. The highest BCUT2D eigenvalue weighted by molar-refractivity contribution is 6.16. The van der Waals surface area contributed by atoms with E-state index in [1.54, 1.807) is 12.1 Å². The van der Waals surface area contributed by atoms with Gasteiger partial charge in [-0.1, -0.05) is 33.1 Å². The summed E-state index contributed by atoms with van der Waals surface area (Å²) >= 11 is 5.64. The van der Waals surface area contributed by atoms with E-state index in [1.165, 1.54) is 12.8 Å². The van der Waals surface area contributed by atoms with Gasteiger partial charge >= 0.3 is 0 Å². The van der Waals surface area contributed by atoms with Gasteiger partial charge in [0.25, 0.3) is 5.91 Å². The molecule has 0 saturated heterocycles. The molecule has 18 heavy (non-hydrogen) atoms. The standard InChI is InChI=1S/C14H22ClNO2/c1-3-5-6-7-11(4-2)16-14(17)13-9-8-12(10-15)18-13/h8-9,11H,3-7,10H2,1-2H3,(H,16,17). The van der Waals surface area contributed by atoms with E-state index in [0.29, 0.717) is 17.4 Å². The molecule has 0 fully saturated rings. The maximum absolute atomic E-state index is 11.9. The van der Waals surface area contributed by atoms with Gasteiger partial charge in [-0.15, -0.1) is 11.6 Å². The van der Waals surface area contributed by atoms with Crippen molar-refractivity contribution in [2.75, 3.05) is 0 Å². The number of unbranched alkanes of at least 4 members (excludes halogenated alkanes) is 2. The quantitative estimate of drug-likeness (QED) is 0.571. The van der Waals surface area contributed by atoms with E-state index in [1.807, 2.05) is 0 Å². The average Bonchev–Trinajstić information content (AvgIpc) is 2.86. The number of halogens is 1. The van der Waals surface area contributed by atoms with E-state index in [0.717, 1.165) is 19.3 Å². The summed E-state index contributed by atoms with van der Waals surface area (Å²) in [7, 11) is 0. The van der Waals surface area contributed by atoms with Crippen molar-refractivity contribution in [2.24, 2.45) is 0 Å². The van der Waals surface area contributed by atoms with Crippen molar-refractivity contribution < 1.29 is 9.21 Å². The second kappa shape index (κ2) is 8.20. The Hall–Kier alpha value is -0.960. The van der Waals surface area contributed by atoms with E-state index < -0.39 is 0 Å². The highest BCUT2D eigenvalue weighted by Gasteiger charge is 2.15. The van der Waals surface area contributed by atoms with Crippen LogP contribution in [0.2, 0.25) is 0 Å². The van der Waals surface area contributed by atoms with Gasteiger partial charge in [-0.25, -0.2) is 0 Å². The number of alkyl halides is 1.